The summed E-state index contributed by atoms with van der Waals surface area (Å²) in [6, 6.07) is 12.9. The topological polar surface area (TPSA) is 69.7 Å². The van der Waals surface area contributed by atoms with Gasteiger partial charge in [-0.3, -0.25) is 14.4 Å². The van der Waals surface area contributed by atoms with Gasteiger partial charge in [-0.1, -0.05) is 43.7 Å². The fourth-order valence-corrected chi connectivity index (χ4v) is 5.12. The number of imide groups is 1. The van der Waals surface area contributed by atoms with E-state index in [2.05, 4.69) is 24.1 Å². The molecule has 0 aromatic heterocycles. The lowest BCUT2D eigenvalue weighted by atomic mass is 9.91. The first-order valence-corrected chi connectivity index (χ1v) is 11.5. The number of benzene rings is 2. The molecule has 33 heavy (non-hydrogen) atoms. The summed E-state index contributed by atoms with van der Waals surface area (Å²) in [5.41, 5.74) is 4.82. The van der Waals surface area contributed by atoms with Crippen LogP contribution in [-0.4, -0.2) is 35.7 Å². The molecular formula is C27H31N3O3. The van der Waals surface area contributed by atoms with E-state index in [-0.39, 0.29) is 17.7 Å². The summed E-state index contributed by atoms with van der Waals surface area (Å²) >= 11 is 0. The van der Waals surface area contributed by atoms with E-state index >= 15 is 0 Å². The average molecular weight is 446 g/mol. The zero-order valence-corrected chi connectivity index (χ0v) is 19.9. The molecular weight excluding hydrogens is 414 g/mol. The van der Waals surface area contributed by atoms with Crippen molar-refractivity contribution in [2.45, 2.75) is 41.0 Å². The van der Waals surface area contributed by atoms with Gasteiger partial charge < -0.3 is 10.2 Å². The molecule has 2 aliphatic heterocycles. The van der Waals surface area contributed by atoms with Crippen molar-refractivity contribution in [3.8, 4) is 0 Å². The number of anilines is 2. The molecule has 2 atom stereocenters. The van der Waals surface area contributed by atoms with Crippen LogP contribution in [0.4, 0.5) is 11.4 Å². The monoisotopic (exact) mass is 445 g/mol. The molecule has 0 bridgehead atoms. The number of nitrogens with zero attached hydrogens (tertiary/aromatic N) is 2. The first-order valence-electron chi connectivity index (χ1n) is 11.5. The third kappa shape index (κ3) is 4.42. The number of carbonyl (C=O) groups excluding carboxylic acids is 3. The minimum atomic E-state index is -0.305. The number of hydrogen-bond acceptors (Lipinski definition) is 4. The maximum Gasteiger partial charge on any atom is 0.282 e. The molecule has 2 aliphatic rings. The molecule has 1 fully saturated rings. The van der Waals surface area contributed by atoms with Crippen molar-refractivity contribution in [3.05, 3.63) is 64.9 Å². The normalized spacial score (nSPS) is 21.1. The van der Waals surface area contributed by atoms with E-state index in [9.17, 15) is 14.4 Å². The molecule has 1 N–H and O–H groups in total. The van der Waals surface area contributed by atoms with Gasteiger partial charge in [0.05, 0.1) is 11.3 Å². The highest BCUT2D eigenvalue weighted by atomic mass is 16.2. The van der Waals surface area contributed by atoms with Gasteiger partial charge in [0.2, 0.25) is 5.91 Å². The molecule has 1 saturated heterocycles. The van der Waals surface area contributed by atoms with E-state index in [0.29, 0.717) is 40.0 Å². The minimum Gasteiger partial charge on any atom is -0.366 e. The molecule has 2 aromatic rings. The van der Waals surface area contributed by atoms with Crippen LogP contribution in [0.2, 0.25) is 0 Å². The Bertz CT molecular complexity index is 1140. The molecule has 2 aromatic carbocycles. The minimum absolute atomic E-state index is 0.160. The van der Waals surface area contributed by atoms with Gasteiger partial charge in [0.15, 0.2) is 0 Å². The molecule has 0 aliphatic carbocycles. The van der Waals surface area contributed by atoms with Crippen LogP contribution < -0.4 is 10.2 Å². The Morgan fingerprint density at radius 3 is 2.15 bits per heavy atom. The summed E-state index contributed by atoms with van der Waals surface area (Å²) in [5.74, 6) is 0.131. The zero-order chi connectivity index (χ0) is 23.9. The molecule has 6 nitrogen and oxygen atoms in total. The van der Waals surface area contributed by atoms with E-state index in [1.807, 2.05) is 32.0 Å². The van der Waals surface area contributed by atoms with Crippen molar-refractivity contribution in [2.24, 2.45) is 11.8 Å². The van der Waals surface area contributed by atoms with Crippen molar-refractivity contribution in [3.63, 3.8) is 0 Å². The molecule has 2 heterocycles. The van der Waals surface area contributed by atoms with Crippen LogP contribution in [0, 0.1) is 25.7 Å². The number of carbonyl (C=O) groups is 3. The summed E-state index contributed by atoms with van der Waals surface area (Å²) in [6.07, 6.45) is 1.10. The third-order valence-electron chi connectivity index (χ3n) is 6.33. The van der Waals surface area contributed by atoms with Gasteiger partial charge in [0.1, 0.15) is 5.70 Å². The summed E-state index contributed by atoms with van der Waals surface area (Å²) in [7, 11) is 0. The highest BCUT2D eigenvalue weighted by Crippen LogP contribution is 2.38. The number of amides is 3. The van der Waals surface area contributed by atoms with E-state index in [1.54, 1.807) is 24.3 Å². The smallest absolute Gasteiger partial charge is 0.282 e. The Balaban J connectivity index is 1.81. The van der Waals surface area contributed by atoms with Crippen LogP contribution in [-0.2, 0) is 14.4 Å². The van der Waals surface area contributed by atoms with Crippen molar-refractivity contribution >= 4 is 34.7 Å². The van der Waals surface area contributed by atoms with Gasteiger partial charge in [-0.25, -0.2) is 4.90 Å². The predicted octanol–water partition coefficient (Wildman–Crippen LogP) is 4.52. The Kier molecular flexibility index (Phi) is 6.11. The van der Waals surface area contributed by atoms with Gasteiger partial charge in [-0.2, -0.15) is 0 Å². The van der Waals surface area contributed by atoms with E-state index < -0.39 is 0 Å². The Hall–Kier alpha value is -3.41. The van der Waals surface area contributed by atoms with Crippen molar-refractivity contribution in [2.75, 3.05) is 23.3 Å². The molecule has 4 rings (SSSR count). The molecule has 0 saturated carbocycles. The van der Waals surface area contributed by atoms with Crippen LogP contribution in [0.5, 0.6) is 0 Å². The van der Waals surface area contributed by atoms with Crippen LogP contribution >= 0.6 is 0 Å². The fourth-order valence-electron chi connectivity index (χ4n) is 5.12. The lowest BCUT2D eigenvalue weighted by Gasteiger charge is -2.37. The Morgan fingerprint density at radius 1 is 0.939 bits per heavy atom. The average Bonchev–Trinajstić information content (AvgIpc) is 2.98. The van der Waals surface area contributed by atoms with Gasteiger partial charge in [-0.05, 0) is 61.4 Å². The van der Waals surface area contributed by atoms with E-state index in [4.69, 9.17) is 0 Å². The van der Waals surface area contributed by atoms with Gasteiger partial charge >= 0.3 is 0 Å². The molecule has 0 spiro atoms. The summed E-state index contributed by atoms with van der Waals surface area (Å²) < 4.78 is 0. The number of aryl methyl sites for hydroxylation is 2. The second kappa shape index (κ2) is 8.85. The lowest BCUT2D eigenvalue weighted by molar-refractivity contribution is -0.121. The first-order chi connectivity index (χ1) is 15.7. The summed E-state index contributed by atoms with van der Waals surface area (Å²) in [6.45, 7) is 11.2. The van der Waals surface area contributed by atoms with E-state index in [1.165, 1.54) is 11.8 Å². The Morgan fingerprint density at radius 2 is 1.58 bits per heavy atom. The second-order valence-electron chi connectivity index (χ2n) is 9.57. The van der Waals surface area contributed by atoms with Crippen LogP contribution in [0.15, 0.2) is 48.2 Å². The van der Waals surface area contributed by atoms with Gasteiger partial charge in [-0.15, -0.1) is 0 Å². The van der Waals surface area contributed by atoms with Crippen molar-refractivity contribution in [1.82, 2.24) is 4.90 Å². The van der Waals surface area contributed by atoms with Gasteiger partial charge in [0.25, 0.3) is 11.8 Å². The number of hydrogen-bond donors (Lipinski definition) is 1. The maximum atomic E-state index is 13.8. The highest BCUT2D eigenvalue weighted by Gasteiger charge is 2.44. The SMILES string of the molecule is CC(=O)Nc1ccc(C2=C(N3CC(C)CC(C)C3)C(=O)N(c3ccc(C)cc3C)C2=O)cc1. The van der Waals surface area contributed by atoms with E-state index in [0.717, 1.165) is 30.6 Å². The summed E-state index contributed by atoms with van der Waals surface area (Å²) in [4.78, 5) is 42.4. The van der Waals surface area contributed by atoms with Gasteiger partial charge in [0, 0.05) is 25.7 Å². The highest BCUT2D eigenvalue weighted by molar-refractivity contribution is 6.45. The largest absolute Gasteiger partial charge is 0.366 e. The number of piperidine rings is 1. The summed E-state index contributed by atoms with van der Waals surface area (Å²) in [5, 5.41) is 2.75. The van der Waals surface area contributed by atoms with Crippen molar-refractivity contribution in [1.29, 1.82) is 0 Å². The molecule has 3 amide bonds. The zero-order valence-electron chi connectivity index (χ0n) is 19.9. The molecule has 6 heteroatoms. The number of rotatable bonds is 4. The van der Waals surface area contributed by atoms with Crippen LogP contribution in [0.1, 0.15) is 43.9 Å². The quantitative estimate of drug-likeness (QED) is 0.703. The first kappa shape index (κ1) is 22.8. The van der Waals surface area contributed by atoms with Crippen molar-refractivity contribution < 1.29 is 14.4 Å². The standard InChI is InChI=1S/C27H31N3O3/c1-16-6-11-23(19(4)13-16)30-26(32)24(21-7-9-22(10-8-21)28-20(5)31)25(27(30)33)29-14-17(2)12-18(3)15-29/h6-11,13,17-18H,12,14-15H2,1-5H3,(H,28,31). The molecule has 2 unspecified atom stereocenters. The predicted molar refractivity (Wildman–Crippen MR) is 131 cm³/mol. The third-order valence-corrected chi connectivity index (χ3v) is 6.33. The lowest BCUT2D eigenvalue weighted by Crippen LogP contribution is -2.42. The number of nitrogens with one attached hydrogen (secondary N) is 1. The molecule has 172 valence electrons. The number of likely N-dealkylation sites (tertiary alicyclic amines) is 1. The fraction of sp³-hybridized carbons (Fsp3) is 0.370. The second-order valence-corrected chi connectivity index (χ2v) is 9.57. The maximum absolute atomic E-state index is 13.8. The Labute approximate surface area is 195 Å². The van der Waals surface area contributed by atoms with Crippen LogP contribution in [0.25, 0.3) is 5.57 Å². The molecule has 0 radical (unpaired) electrons. The van der Waals surface area contributed by atoms with Crippen LogP contribution in [0.3, 0.4) is 0 Å².